The van der Waals surface area contributed by atoms with Crippen molar-refractivity contribution < 1.29 is 19.0 Å². The molecule has 0 saturated heterocycles. The normalized spacial score (nSPS) is 17.1. The third-order valence-electron chi connectivity index (χ3n) is 5.96. The van der Waals surface area contributed by atoms with Crippen molar-refractivity contribution in [3.05, 3.63) is 77.9 Å². The number of nitrogens with two attached hydrogens (primary N) is 1. The van der Waals surface area contributed by atoms with E-state index in [0.717, 1.165) is 17.2 Å². The number of nitrogens with zero attached hydrogens (tertiary/aromatic N) is 4. The Labute approximate surface area is 200 Å². The maximum atomic E-state index is 13.6. The zero-order valence-electron chi connectivity index (χ0n) is 18.9. The summed E-state index contributed by atoms with van der Waals surface area (Å²) in [5.74, 6) is -0.338. The van der Waals surface area contributed by atoms with Gasteiger partial charge >= 0.3 is 0 Å². The van der Waals surface area contributed by atoms with Crippen molar-refractivity contribution in [2.45, 2.75) is 25.1 Å². The van der Waals surface area contributed by atoms with Crippen molar-refractivity contribution in [1.82, 2.24) is 25.1 Å². The predicted octanol–water partition coefficient (Wildman–Crippen LogP) is 3.02. The van der Waals surface area contributed by atoms with E-state index in [1.165, 1.54) is 25.6 Å². The number of hydrogen-bond donors (Lipinski definition) is 3. The van der Waals surface area contributed by atoms with Gasteiger partial charge in [-0.15, -0.1) is 0 Å². The second kappa shape index (κ2) is 9.15. The van der Waals surface area contributed by atoms with Gasteiger partial charge in [-0.05, 0) is 23.8 Å². The lowest BCUT2D eigenvalue weighted by Crippen LogP contribution is -2.23. The Balaban J connectivity index is 1.39. The van der Waals surface area contributed by atoms with E-state index < -0.39 is 17.8 Å². The molecular formula is C25H23FN6O3. The number of nitrogen functional groups attached to an aromatic ring is 1. The van der Waals surface area contributed by atoms with E-state index >= 15 is 0 Å². The number of anilines is 1. The maximum absolute atomic E-state index is 13.6. The van der Waals surface area contributed by atoms with Crippen molar-refractivity contribution in [3.63, 3.8) is 0 Å². The van der Waals surface area contributed by atoms with Crippen LogP contribution in [0.3, 0.4) is 0 Å². The molecule has 4 aromatic rings. The molecule has 9 nitrogen and oxygen atoms in total. The quantitative estimate of drug-likeness (QED) is 0.367. The Morgan fingerprint density at radius 3 is 2.74 bits per heavy atom. The van der Waals surface area contributed by atoms with Crippen molar-refractivity contribution >= 4 is 22.8 Å². The van der Waals surface area contributed by atoms with Crippen LogP contribution < -0.4 is 15.8 Å². The van der Waals surface area contributed by atoms with Crippen LogP contribution in [-0.4, -0.2) is 44.0 Å². The number of hydrogen-bond acceptors (Lipinski definition) is 7. The van der Waals surface area contributed by atoms with Crippen molar-refractivity contribution in [3.8, 4) is 17.0 Å². The molecule has 2 aromatic heterocycles. The molecule has 0 radical (unpaired) electrons. The predicted molar refractivity (Wildman–Crippen MR) is 128 cm³/mol. The van der Waals surface area contributed by atoms with Gasteiger partial charge in [0.05, 0.1) is 30.2 Å². The number of carbonyl (C=O) groups excluding carboxylic acids is 1. The number of rotatable bonds is 6. The Hall–Kier alpha value is -4.31. The smallest absolute Gasteiger partial charge is 0.255 e. The van der Waals surface area contributed by atoms with Gasteiger partial charge in [-0.2, -0.15) is 5.10 Å². The van der Waals surface area contributed by atoms with Crippen LogP contribution in [0, 0.1) is 5.82 Å². The number of amides is 1. The van der Waals surface area contributed by atoms with Crippen LogP contribution in [0.4, 0.5) is 10.2 Å². The molecule has 0 bridgehead atoms. The number of carbonyl (C=O) groups is 1. The molecule has 0 spiro atoms. The zero-order valence-corrected chi connectivity index (χ0v) is 18.9. The first-order chi connectivity index (χ1) is 16.9. The molecule has 0 aliphatic heterocycles. The van der Waals surface area contributed by atoms with E-state index in [4.69, 9.17) is 15.6 Å². The second-order valence-corrected chi connectivity index (χ2v) is 8.23. The number of aliphatic hydroxyl groups is 1. The molecule has 0 fully saturated rings. The van der Waals surface area contributed by atoms with Gasteiger partial charge in [0.15, 0.2) is 5.65 Å². The Morgan fingerprint density at radius 1 is 1.23 bits per heavy atom. The summed E-state index contributed by atoms with van der Waals surface area (Å²) in [5.41, 5.74) is 9.18. The summed E-state index contributed by atoms with van der Waals surface area (Å²) in [4.78, 5) is 21.1. The number of aliphatic hydroxyl groups excluding tert-OH is 1. The maximum Gasteiger partial charge on any atom is 0.255 e. The van der Waals surface area contributed by atoms with Crippen LogP contribution in [0.2, 0.25) is 0 Å². The van der Waals surface area contributed by atoms with Crippen molar-refractivity contribution in [2.24, 2.45) is 0 Å². The van der Waals surface area contributed by atoms with Crippen LogP contribution >= 0.6 is 0 Å². The number of ether oxygens (including phenoxy) is 1. The lowest BCUT2D eigenvalue weighted by molar-refractivity contribution is 0.0947. The summed E-state index contributed by atoms with van der Waals surface area (Å²) in [5, 5.41) is 18.1. The van der Waals surface area contributed by atoms with Gasteiger partial charge in [-0.25, -0.2) is 19.0 Å². The summed E-state index contributed by atoms with van der Waals surface area (Å²) in [6.45, 7) is 0.240. The third kappa shape index (κ3) is 4.31. The Kier molecular flexibility index (Phi) is 5.87. The molecule has 0 saturated carbocycles. The zero-order chi connectivity index (χ0) is 24.5. The highest BCUT2D eigenvalue weighted by molar-refractivity contribution is 5.98. The number of aromatic nitrogens is 4. The van der Waals surface area contributed by atoms with E-state index in [9.17, 15) is 14.3 Å². The minimum Gasteiger partial charge on any atom is -0.496 e. The molecule has 2 heterocycles. The molecule has 2 unspecified atom stereocenters. The van der Waals surface area contributed by atoms with Gasteiger partial charge < -0.3 is 20.9 Å². The minimum atomic E-state index is -0.524. The first kappa shape index (κ1) is 22.5. The van der Waals surface area contributed by atoms with Crippen LogP contribution in [0.25, 0.3) is 22.3 Å². The van der Waals surface area contributed by atoms with Crippen LogP contribution in [-0.2, 0) is 6.54 Å². The van der Waals surface area contributed by atoms with Crippen LogP contribution in [0.1, 0.15) is 28.4 Å². The summed E-state index contributed by atoms with van der Waals surface area (Å²) in [6, 6.07) is 11.1. The van der Waals surface area contributed by atoms with E-state index in [1.54, 1.807) is 10.8 Å². The van der Waals surface area contributed by atoms with Gasteiger partial charge in [0.25, 0.3) is 5.91 Å². The highest BCUT2D eigenvalue weighted by Crippen LogP contribution is 2.34. The van der Waals surface area contributed by atoms with Crippen molar-refractivity contribution in [1.29, 1.82) is 0 Å². The van der Waals surface area contributed by atoms with E-state index in [2.05, 4.69) is 15.3 Å². The highest BCUT2D eigenvalue weighted by Gasteiger charge is 2.25. The van der Waals surface area contributed by atoms with Gasteiger partial charge in [0.2, 0.25) is 0 Å². The molecule has 1 amide bonds. The molecular weight excluding hydrogens is 451 g/mol. The monoisotopic (exact) mass is 474 g/mol. The van der Waals surface area contributed by atoms with Crippen LogP contribution in [0.15, 0.2) is 60.9 Å². The van der Waals surface area contributed by atoms with Crippen LogP contribution in [0.5, 0.6) is 5.75 Å². The highest BCUT2D eigenvalue weighted by atomic mass is 19.1. The molecule has 4 N–H and O–H groups in total. The molecule has 10 heteroatoms. The van der Waals surface area contributed by atoms with Gasteiger partial charge in [-0.1, -0.05) is 36.4 Å². The first-order valence-corrected chi connectivity index (χ1v) is 11.0. The first-order valence-electron chi connectivity index (χ1n) is 11.0. The topological polar surface area (TPSA) is 128 Å². The van der Waals surface area contributed by atoms with Gasteiger partial charge in [-0.3, -0.25) is 4.79 Å². The standard InChI is InChI=1S/C25H23FN6O3/c1-35-20-9-6-16(26)10-19(20)25(34)28-12-14-2-4-15(5-3-14)22-21-23(27)29-13-30-24(21)32(31-22)17-7-8-18(33)11-17/h2-10,13,17-18,33H,11-12H2,1H3,(H,28,34)(H2,27,29,30). The van der Waals surface area contributed by atoms with E-state index in [-0.39, 0.29) is 18.2 Å². The summed E-state index contributed by atoms with van der Waals surface area (Å²) >= 11 is 0. The van der Waals surface area contributed by atoms with E-state index in [0.29, 0.717) is 34.7 Å². The number of fused-ring (bicyclic) bond motifs is 1. The molecule has 2 atom stereocenters. The lowest BCUT2D eigenvalue weighted by Gasteiger charge is -2.10. The number of benzene rings is 2. The second-order valence-electron chi connectivity index (χ2n) is 8.23. The average molecular weight is 474 g/mol. The van der Waals surface area contributed by atoms with Crippen molar-refractivity contribution in [2.75, 3.05) is 12.8 Å². The molecule has 178 valence electrons. The lowest BCUT2D eigenvalue weighted by atomic mass is 10.1. The van der Waals surface area contributed by atoms with E-state index in [1.807, 2.05) is 30.3 Å². The Bertz CT molecular complexity index is 1430. The van der Waals surface area contributed by atoms with Gasteiger partial charge in [0.1, 0.15) is 29.4 Å². The summed E-state index contributed by atoms with van der Waals surface area (Å²) < 4.78 is 20.5. The fraction of sp³-hybridized carbons (Fsp3) is 0.200. The Morgan fingerprint density at radius 2 is 2.03 bits per heavy atom. The molecule has 5 rings (SSSR count). The molecule has 1 aliphatic carbocycles. The number of halogens is 1. The number of methoxy groups -OCH3 is 1. The SMILES string of the molecule is COc1ccc(F)cc1C(=O)NCc1ccc(-c2nn(C3C=CC(O)C3)c3ncnc(N)c23)cc1. The number of nitrogens with one attached hydrogen (secondary N) is 1. The third-order valence-corrected chi connectivity index (χ3v) is 5.96. The fourth-order valence-corrected chi connectivity index (χ4v) is 4.19. The minimum absolute atomic E-state index is 0.127. The average Bonchev–Trinajstić information content (AvgIpc) is 3.47. The fourth-order valence-electron chi connectivity index (χ4n) is 4.19. The largest absolute Gasteiger partial charge is 0.496 e. The summed E-state index contributed by atoms with van der Waals surface area (Å²) in [7, 11) is 1.43. The molecule has 35 heavy (non-hydrogen) atoms. The summed E-state index contributed by atoms with van der Waals surface area (Å²) in [6.07, 6.45) is 5.02. The number of allylic oxidation sites excluding steroid dienone is 1. The molecule has 1 aliphatic rings. The van der Waals surface area contributed by atoms with Gasteiger partial charge in [0, 0.05) is 18.5 Å². The molecule has 2 aromatic carbocycles.